The summed E-state index contributed by atoms with van der Waals surface area (Å²) in [5.74, 6) is 0.632. The highest BCUT2D eigenvalue weighted by Crippen LogP contribution is 2.17. The molecule has 25 heavy (non-hydrogen) atoms. The number of para-hydroxylation sites is 1. The summed E-state index contributed by atoms with van der Waals surface area (Å²) in [6, 6.07) is 10.0. The molecule has 3 rings (SSSR count). The quantitative estimate of drug-likeness (QED) is 0.806. The van der Waals surface area contributed by atoms with Crippen LogP contribution >= 0.6 is 12.2 Å². The van der Waals surface area contributed by atoms with Gasteiger partial charge in [0.2, 0.25) is 0 Å². The predicted octanol–water partition coefficient (Wildman–Crippen LogP) is 3.39. The number of aromatic nitrogens is 2. The number of nitrogens with one attached hydrogen (secondary N) is 2. The van der Waals surface area contributed by atoms with Crippen molar-refractivity contribution in [2.45, 2.75) is 32.7 Å². The number of amides is 1. The summed E-state index contributed by atoms with van der Waals surface area (Å²) < 4.78 is 2.30. The van der Waals surface area contributed by atoms with Gasteiger partial charge in [0.05, 0.1) is 0 Å². The number of benzene rings is 1. The molecular weight excluding hydrogens is 332 g/mol. The van der Waals surface area contributed by atoms with Crippen molar-refractivity contribution in [1.29, 1.82) is 0 Å². The smallest absolute Gasteiger partial charge is 0.269 e. The molecule has 1 amide bonds. The SMILES string of the molecule is CC1CCCN(C(C)CNC(=O)c2c[nH]c(=S)n2-c2ccccc2)C1. The lowest BCUT2D eigenvalue weighted by molar-refractivity contribution is 0.0911. The van der Waals surface area contributed by atoms with E-state index in [9.17, 15) is 4.79 Å². The van der Waals surface area contributed by atoms with Gasteiger partial charge in [0.15, 0.2) is 4.77 Å². The van der Waals surface area contributed by atoms with E-state index in [2.05, 4.69) is 29.0 Å². The third kappa shape index (κ3) is 4.19. The number of carbonyl (C=O) groups is 1. The third-order valence-electron chi connectivity index (χ3n) is 4.89. The summed E-state index contributed by atoms with van der Waals surface area (Å²) in [5, 5.41) is 3.07. The summed E-state index contributed by atoms with van der Waals surface area (Å²) in [6.07, 6.45) is 4.22. The van der Waals surface area contributed by atoms with Gasteiger partial charge in [-0.2, -0.15) is 0 Å². The first kappa shape index (κ1) is 17.9. The highest BCUT2D eigenvalue weighted by molar-refractivity contribution is 7.71. The summed E-state index contributed by atoms with van der Waals surface area (Å²) in [6.45, 7) is 7.34. The summed E-state index contributed by atoms with van der Waals surface area (Å²) in [5.41, 5.74) is 1.42. The van der Waals surface area contributed by atoms with E-state index in [4.69, 9.17) is 12.2 Å². The molecule has 1 aromatic carbocycles. The number of H-pyrrole nitrogens is 1. The van der Waals surface area contributed by atoms with E-state index in [0.29, 0.717) is 23.1 Å². The monoisotopic (exact) mass is 358 g/mol. The second-order valence-corrected chi connectivity index (χ2v) is 7.34. The zero-order valence-electron chi connectivity index (χ0n) is 14.9. The molecule has 0 aliphatic carbocycles. The van der Waals surface area contributed by atoms with Crippen molar-refractivity contribution in [3.8, 4) is 5.69 Å². The zero-order valence-corrected chi connectivity index (χ0v) is 15.7. The van der Waals surface area contributed by atoms with Crippen LogP contribution in [0.4, 0.5) is 0 Å². The Morgan fingerprint density at radius 2 is 2.16 bits per heavy atom. The Morgan fingerprint density at radius 1 is 1.40 bits per heavy atom. The van der Waals surface area contributed by atoms with Gasteiger partial charge in [-0.05, 0) is 56.6 Å². The van der Waals surface area contributed by atoms with Crippen LogP contribution in [0.2, 0.25) is 0 Å². The molecule has 2 atom stereocenters. The van der Waals surface area contributed by atoms with Gasteiger partial charge in [-0.25, -0.2) is 0 Å². The van der Waals surface area contributed by atoms with Gasteiger partial charge in [-0.3, -0.25) is 14.3 Å². The van der Waals surface area contributed by atoms with Gasteiger partial charge in [0.25, 0.3) is 5.91 Å². The summed E-state index contributed by atoms with van der Waals surface area (Å²) >= 11 is 5.34. The van der Waals surface area contributed by atoms with Crippen LogP contribution in [0, 0.1) is 10.7 Å². The first-order valence-corrected chi connectivity index (χ1v) is 9.35. The van der Waals surface area contributed by atoms with Crippen molar-refractivity contribution in [3.63, 3.8) is 0 Å². The van der Waals surface area contributed by atoms with Crippen molar-refractivity contribution in [2.24, 2.45) is 5.92 Å². The molecule has 0 spiro atoms. The molecule has 1 fully saturated rings. The van der Waals surface area contributed by atoms with Crippen molar-refractivity contribution in [2.75, 3.05) is 19.6 Å². The maximum absolute atomic E-state index is 12.7. The molecule has 2 unspecified atom stereocenters. The maximum atomic E-state index is 12.7. The molecule has 2 N–H and O–H groups in total. The first-order valence-electron chi connectivity index (χ1n) is 8.94. The lowest BCUT2D eigenvalue weighted by Gasteiger charge is -2.35. The largest absolute Gasteiger partial charge is 0.349 e. The van der Waals surface area contributed by atoms with Crippen LogP contribution in [0.25, 0.3) is 5.69 Å². The first-order chi connectivity index (χ1) is 12.1. The number of likely N-dealkylation sites (tertiary alicyclic amines) is 1. The van der Waals surface area contributed by atoms with E-state index >= 15 is 0 Å². The molecule has 0 radical (unpaired) electrons. The molecule has 5 nitrogen and oxygen atoms in total. The highest BCUT2D eigenvalue weighted by Gasteiger charge is 2.22. The molecule has 1 saturated heterocycles. The van der Waals surface area contributed by atoms with E-state index in [-0.39, 0.29) is 5.91 Å². The second kappa shape index (κ2) is 7.97. The maximum Gasteiger partial charge on any atom is 0.269 e. The van der Waals surface area contributed by atoms with Gasteiger partial charge < -0.3 is 10.3 Å². The number of imidazole rings is 1. The number of aromatic amines is 1. The lowest BCUT2D eigenvalue weighted by atomic mass is 9.99. The molecule has 2 heterocycles. The lowest BCUT2D eigenvalue weighted by Crippen LogP contribution is -2.46. The molecular formula is C19H26N4OS. The second-order valence-electron chi connectivity index (χ2n) is 6.95. The number of nitrogens with zero attached hydrogens (tertiary/aromatic N) is 2. The van der Waals surface area contributed by atoms with Crippen LogP contribution in [0.15, 0.2) is 36.5 Å². The molecule has 1 aliphatic rings. The number of carbonyl (C=O) groups excluding carboxylic acids is 1. The Morgan fingerprint density at radius 3 is 2.88 bits per heavy atom. The van der Waals surface area contributed by atoms with E-state index < -0.39 is 0 Å². The zero-order chi connectivity index (χ0) is 17.8. The molecule has 6 heteroatoms. The van der Waals surface area contributed by atoms with Crippen LogP contribution in [-0.4, -0.2) is 46.0 Å². The topological polar surface area (TPSA) is 53.1 Å². The fraction of sp³-hybridized carbons (Fsp3) is 0.474. The molecule has 1 aromatic heterocycles. The van der Waals surface area contributed by atoms with Crippen LogP contribution in [0.1, 0.15) is 37.2 Å². The Bertz CT molecular complexity index is 767. The van der Waals surface area contributed by atoms with E-state index in [1.54, 1.807) is 10.8 Å². The Hall–Kier alpha value is -1.92. The minimum absolute atomic E-state index is 0.104. The summed E-state index contributed by atoms with van der Waals surface area (Å²) in [4.78, 5) is 18.1. The predicted molar refractivity (Wildman–Crippen MR) is 103 cm³/mol. The van der Waals surface area contributed by atoms with E-state index in [0.717, 1.165) is 24.7 Å². The van der Waals surface area contributed by atoms with Crippen LogP contribution in [0.5, 0.6) is 0 Å². The average Bonchev–Trinajstić information content (AvgIpc) is 3.01. The van der Waals surface area contributed by atoms with Gasteiger partial charge in [0.1, 0.15) is 5.69 Å². The Labute approximate surface area is 154 Å². The van der Waals surface area contributed by atoms with Crippen LogP contribution in [-0.2, 0) is 0 Å². The molecule has 0 saturated carbocycles. The highest BCUT2D eigenvalue weighted by atomic mass is 32.1. The molecule has 0 bridgehead atoms. The molecule has 2 aromatic rings. The molecule has 134 valence electrons. The number of hydrogen-bond acceptors (Lipinski definition) is 3. The van der Waals surface area contributed by atoms with Gasteiger partial charge in [0, 0.05) is 31.0 Å². The van der Waals surface area contributed by atoms with Crippen molar-refractivity contribution >= 4 is 18.1 Å². The van der Waals surface area contributed by atoms with E-state index in [1.165, 1.54) is 12.8 Å². The normalized spacial score (nSPS) is 19.5. The molecule has 1 aliphatic heterocycles. The fourth-order valence-electron chi connectivity index (χ4n) is 3.46. The van der Waals surface area contributed by atoms with E-state index in [1.807, 2.05) is 30.3 Å². The Kier molecular flexibility index (Phi) is 5.71. The number of piperidine rings is 1. The minimum Gasteiger partial charge on any atom is -0.349 e. The van der Waals surface area contributed by atoms with Gasteiger partial charge in [-0.15, -0.1) is 0 Å². The van der Waals surface area contributed by atoms with Gasteiger partial charge >= 0.3 is 0 Å². The number of hydrogen-bond donors (Lipinski definition) is 2. The van der Waals surface area contributed by atoms with Crippen molar-refractivity contribution < 1.29 is 4.79 Å². The van der Waals surface area contributed by atoms with Crippen LogP contribution in [0.3, 0.4) is 0 Å². The average molecular weight is 359 g/mol. The Balaban J connectivity index is 1.67. The summed E-state index contributed by atoms with van der Waals surface area (Å²) in [7, 11) is 0. The van der Waals surface area contributed by atoms with Crippen molar-refractivity contribution in [3.05, 3.63) is 47.0 Å². The van der Waals surface area contributed by atoms with Crippen LogP contribution < -0.4 is 5.32 Å². The van der Waals surface area contributed by atoms with Crippen molar-refractivity contribution in [1.82, 2.24) is 19.8 Å². The standard InChI is InChI=1S/C19H26N4OS/c1-14-7-6-10-22(13-14)15(2)11-20-18(24)17-12-21-19(25)23(17)16-8-4-3-5-9-16/h3-5,8-9,12,14-15H,6-7,10-11,13H2,1-2H3,(H,20,24)(H,21,25). The minimum atomic E-state index is -0.104. The fourth-order valence-corrected chi connectivity index (χ4v) is 3.72. The number of rotatable bonds is 5. The third-order valence-corrected chi connectivity index (χ3v) is 5.19. The van der Waals surface area contributed by atoms with Gasteiger partial charge in [-0.1, -0.05) is 25.1 Å².